The molecule has 5 heteroatoms. The molecule has 0 fully saturated rings. The fourth-order valence-corrected chi connectivity index (χ4v) is 3.15. The van der Waals surface area contributed by atoms with Crippen LogP contribution >= 0.6 is 0 Å². The van der Waals surface area contributed by atoms with Crippen LogP contribution in [0.3, 0.4) is 0 Å². The predicted octanol–water partition coefficient (Wildman–Crippen LogP) is 5.16. The van der Waals surface area contributed by atoms with Gasteiger partial charge in [0.05, 0.1) is 31.0 Å². The van der Waals surface area contributed by atoms with Crippen LogP contribution in [0.15, 0.2) is 71.3 Å². The summed E-state index contributed by atoms with van der Waals surface area (Å²) in [5.74, 6) is 3.30. The van der Waals surface area contributed by atoms with Gasteiger partial charge >= 0.3 is 0 Å². The number of hydrogen-bond acceptors (Lipinski definition) is 4. The Morgan fingerprint density at radius 3 is 2.70 bits per heavy atom. The number of aryl methyl sites for hydroxylation is 1. The lowest BCUT2D eigenvalue weighted by Crippen LogP contribution is -2.04. The van der Waals surface area contributed by atoms with Crippen LogP contribution in [0.2, 0.25) is 0 Å². The number of furan rings is 1. The SMILES string of the molecule is COc1cccc(OCCCCn2c(-c3ccco3)nc3ccccc32)c1. The molecule has 0 unspecified atom stereocenters. The van der Waals surface area contributed by atoms with Crippen LogP contribution in [-0.4, -0.2) is 23.3 Å². The Labute approximate surface area is 158 Å². The van der Waals surface area contributed by atoms with Crippen LogP contribution in [0.5, 0.6) is 11.5 Å². The first kappa shape index (κ1) is 17.2. The molecule has 2 aromatic heterocycles. The number of imidazole rings is 1. The number of unbranched alkanes of at least 4 members (excludes halogenated alkanes) is 1. The summed E-state index contributed by atoms with van der Waals surface area (Å²) >= 11 is 0. The molecule has 4 aromatic rings. The molecule has 0 N–H and O–H groups in total. The molecule has 0 saturated carbocycles. The zero-order valence-electron chi connectivity index (χ0n) is 15.3. The quantitative estimate of drug-likeness (QED) is 0.406. The van der Waals surface area contributed by atoms with E-state index < -0.39 is 0 Å². The van der Waals surface area contributed by atoms with Crippen molar-refractivity contribution in [1.82, 2.24) is 9.55 Å². The van der Waals surface area contributed by atoms with Crippen molar-refractivity contribution in [2.45, 2.75) is 19.4 Å². The third-order valence-electron chi connectivity index (χ3n) is 4.48. The monoisotopic (exact) mass is 362 g/mol. The Morgan fingerprint density at radius 1 is 0.963 bits per heavy atom. The lowest BCUT2D eigenvalue weighted by atomic mass is 10.3. The minimum atomic E-state index is 0.663. The van der Waals surface area contributed by atoms with E-state index in [2.05, 4.69) is 10.6 Å². The summed E-state index contributed by atoms with van der Waals surface area (Å²) in [6.07, 6.45) is 3.61. The maximum atomic E-state index is 5.83. The number of aromatic nitrogens is 2. The van der Waals surface area contributed by atoms with E-state index in [-0.39, 0.29) is 0 Å². The summed E-state index contributed by atoms with van der Waals surface area (Å²) in [7, 11) is 1.66. The van der Waals surface area contributed by atoms with Crippen molar-refractivity contribution < 1.29 is 13.9 Å². The van der Waals surface area contributed by atoms with E-state index in [4.69, 9.17) is 18.9 Å². The Hall–Kier alpha value is -3.21. The molecule has 0 atom stereocenters. The van der Waals surface area contributed by atoms with Crippen molar-refractivity contribution >= 4 is 11.0 Å². The largest absolute Gasteiger partial charge is 0.497 e. The van der Waals surface area contributed by atoms with Gasteiger partial charge < -0.3 is 18.5 Å². The fourth-order valence-electron chi connectivity index (χ4n) is 3.15. The third-order valence-corrected chi connectivity index (χ3v) is 4.48. The van der Waals surface area contributed by atoms with Crippen LogP contribution in [0.25, 0.3) is 22.6 Å². The zero-order valence-corrected chi connectivity index (χ0v) is 15.3. The smallest absolute Gasteiger partial charge is 0.177 e. The second-order valence-electron chi connectivity index (χ2n) is 6.29. The number of rotatable bonds is 8. The van der Waals surface area contributed by atoms with Gasteiger partial charge in [-0.15, -0.1) is 0 Å². The molecule has 0 amide bonds. The van der Waals surface area contributed by atoms with Gasteiger partial charge in [-0.05, 0) is 49.2 Å². The Morgan fingerprint density at radius 2 is 1.85 bits per heavy atom. The number of hydrogen-bond donors (Lipinski definition) is 0. The van der Waals surface area contributed by atoms with Gasteiger partial charge in [-0.1, -0.05) is 18.2 Å². The number of methoxy groups -OCH3 is 1. The highest BCUT2D eigenvalue weighted by atomic mass is 16.5. The molecule has 0 aliphatic rings. The lowest BCUT2D eigenvalue weighted by molar-refractivity contribution is 0.301. The van der Waals surface area contributed by atoms with E-state index in [1.807, 2.05) is 54.6 Å². The van der Waals surface area contributed by atoms with E-state index in [9.17, 15) is 0 Å². The first-order valence-corrected chi connectivity index (χ1v) is 9.11. The minimum Gasteiger partial charge on any atom is -0.497 e. The molecule has 138 valence electrons. The van der Waals surface area contributed by atoms with Gasteiger partial charge in [0, 0.05) is 12.6 Å². The van der Waals surface area contributed by atoms with Gasteiger partial charge in [0.2, 0.25) is 0 Å². The molecular weight excluding hydrogens is 340 g/mol. The van der Waals surface area contributed by atoms with Gasteiger partial charge in [-0.3, -0.25) is 0 Å². The predicted molar refractivity (Wildman–Crippen MR) is 105 cm³/mol. The highest BCUT2D eigenvalue weighted by Crippen LogP contribution is 2.26. The maximum Gasteiger partial charge on any atom is 0.177 e. The Bertz CT molecular complexity index is 1010. The first-order chi connectivity index (χ1) is 13.3. The summed E-state index contributed by atoms with van der Waals surface area (Å²) in [6.45, 7) is 1.52. The zero-order chi connectivity index (χ0) is 18.5. The molecule has 2 aromatic carbocycles. The lowest BCUT2D eigenvalue weighted by Gasteiger charge is -2.10. The minimum absolute atomic E-state index is 0.663. The summed E-state index contributed by atoms with van der Waals surface area (Å²) in [6, 6.07) is 19.7. The van der Waals surface area contributed by atoms with Crippen LogP contribution < -0.4 is 9.47 Å². The average Bonchev–Trinajstić information content (AvgIpc) is 3.36. The Balaban J connectivity index is 1.41. The van der Waals surface area contributed by atoms with Crippen molar-refractivity contribution in [2.75, 3.05) is 13.7 Å². The van der Waals surface area contributed by atoms with E-state index in [0.717, 1.165) is 53.5 Å². The van der Waals surface area contributed by atoms with Gasteiger partial charge in [0.25, 0.3) is 0 Å². The third kappa shape index (κ3) is 3.82. The van der Waals surface area contributed by atoms with Gasteiger partial charge in [-0.2, -0.15) is 0 Å². The fraction of sp³-hybridized carbons (Fsp3) is 0.227. The molecule has 0 aliphatic heterocycles. The summed E-state index contributed by atoms with van der Waals surface area (Å²) in [4.78, 5) is 4.74. The molecule has 5 nitrogen and oxygen atoms in total. The van der Waals surface area contributed by atoms with Gasteiger partial charge in [0.1, 0.15) is 11.5 Å². The summed E-state index contributed by atoms with van der Waals surface area (Å²) in [5, 5.41) is 0. The number of benzene rings is 2. The summed E-state index contributed by atoms with van der Waals surface area (Å²) in [5.41, 5.74) is 2.11. The molecular formula is C22H22N2O3. The van der Waals surface area contributed by atoms with Gasteiger partial charge in [0.15, 0.2) is 11.6 Å². The number of ether oxygens (including phenoxy) is 2. The molecule has 0 bridgehead atoms. The van der Waals surface area contributed by atoms with Crippen molar-refractivity contribution in [2.24, 2.45) is 0 Å². The maximum absolute atomic E-state index is 5.83. The van der Waals surface area contributed by atoms with E-state index in [1.165, 1.54) is 0 Å². The highest BCUT2D eigenvalue weighted by molar-refractivity contribution is 5.79. The van der Waals surface area contributed by atoms with Crippen molar-refractivity contribution in [1.29, 1.82) is 0 Å². The molecule has 0 radical (unpaired) electrons. The molecule has 0 spiro atoms. The average molecular weight is 362 g/mol. The van der Waals surface area contributed by atoms with Crippen molar-refractivity contribution in [3.8, 4) is 23.1 Å². The number of fused-ring (bicyclic) bond motifs is 1. The van der Waals surface area contributed by atoms with Crippen LogP contribution in [0.1, 0.15) is 12.8 Å². The van der Waals surface area contributed by atoms with E-state index >= 15 is 0 Å². The summed E-state index contributed by atoms with van der Waals surface area (Å²) < 4.78 is 18.9. The standard InChI is InChI=1S/C22H22N2O3/c1-25-17-8-6-9-18(16-17)26-14-5-4-13-24-20-11-3-2-10-19(20)23-22(24)21-12-7-15-27-21/h2-3,6-12,15-16H,4-5,13-14H2,1H3. The van der Waals surface area contributed by atoms with E-state index in [0.29, 0.717) is 6.61 Å². The van der Waals surface area contributed by atoms with Crippen LogP contribution in [0.4, 0.5) is 0 Å². The van der Waals surface area contributed by atoms with E-state index in [1.54, 1.807) is 13.4 Å². The molecule has 27 heavy (non-hydrogen) atoms. The Kier molecular flexibility index (Phi) is 5.10. The van der Waals surface area contributed by atoms with Crippen molar-refractivity contribution in [3.63, 3.8) is 0 Å². The first-order valence-electron chi connectivity index (χ1n) is 9.11. The van der Waals surface area contributed by atoms with Crippen molar-refractivity contribution in [3.05, 3.63) is 66.9 Å². The molecule has 4 rings (SSSR count). The van der Waals surface area contributed by atoms with Crippen LogP contribution in [0, 0.1) is 0 Å². The van der Waals surface area contributed by atoms with Gasteiger partial charge in [-0.25, -0.2) is 4.98 Å². The molecule has 0 aliphatic carbocycles. The molecule has 2 heterocycles. The number of nitrogens with zero attached hydrogens (tertiary/aromatic N) is 2. The van der Waals surface area contributed by atoms with Crippen LogP contribution in [-0.2, 0) is 6.54 Å². The highest BCUT2D eigenvalue weighted by Gasteiger charge is 2.13. The second kappa shape index (κ2) is 7.99. The molecule has 0 saturated heterocycles. The topological polar surface area (TPSA) is 49.4 Å². The number of para-hydroxylation sites is 2. The second-order valence-corrected chi connectivity index (χ2v) is 6.29. The normalized spacial score (nSPS) is 11.0.